The first-order valence-corrected chi connectivity index (χ1v) is 10.3. The highest BCUT2D eigenvalue weighted by molar-refractivity contribution is 6.34. The van der Waals surface area contributed by atoms with Gasteiger partial charge in [-0.25, -0.2) is 0 Å². The van der Waals surface area contributed by atoms with Crippen LogP contribution in [0.3, 0.4) is 0 Å². The molecule has 0 atom stereocenters. The summed E-state index contributed by atoms with van der Waals surface area (Å²) in [6.07, 6.45) is -12.5. The number of rotatable bonds is 8. The summed E-state index contributed by atoms with van der Waals surface area (Å²) in [5, 5.41) is 12.9. The number of alkyl halides is 8. The summed E-state index contributed by atoms with van der Waals surface area (Å²) in [5.74, 6) is -8.77. The molecule has 0 bridgehead atoms. The summed E-state index contributed by atoms with van der Waals surface area (Å²) in [6.45, 7) is 0.0731. The number of hydrogen-bond donors (Lipinski definition) is 4. The Labute approximate surface area is 209 Å². The highest BCUT2D eigenvalue weighted by atomic mass is 35.5. The van der Waals surface area contributed by atoms with Crippen LogP contribution in [0.5, 0.6) is 0 Å². The quantitative estimate of drug-likeness (QED) is 0.198. The van der Waals surface area contributed by atoms with Crippen LogP contribution in [0.2, 0.25) is 5.02 Å². The Morgan fingerprint density at radius 2 is 1.54 bits per heavy atom. The summed E-state index contributed by atoms with van der Waals surface area (Å²) >= 11 is 5.98. The van der Waals surface area contributed by atoms with Gasteiger partial charge in [0.15, 0.2) is 0 Å². The van der Waals surface area contributed by atoms with Gasteiger partial charge in [0.25, 0.3) is 11.8 Å². The van der Waals surface area contributed by atoms with E-state index in [1.54, 1.807) is 35.6 Å². The van der Waals surface area contributed by atoms with Crippen LogP contribution in [0.4, 0.5) is 40.8 Å². The number of halogens is 9. The van der Waals surface area contributed by atoms with E-state index in [4.69, 9.17) is 17.0 Å². The lowest BCUT2D eigenvalue weighted by atomic mass is 10.0. The fourth-order valence-electron chi connectivity index (χ4n) is 2.90. The van der Waals surface area contributed by atoms with Crippen LogP contribution in [0.1, 0.15) is 15.9 Å². The Balaban J connectivity index is 2.39. The molecule has 0 saturated heterocycles. The minimum absolute atomic E-state index is 0.0731. The molecule has 2 aromatic rings. The molecule has 37 heavy (non-hydrogen) atoms. The zero-order valence-corrected chi connectivity index (χ0v) is 19.3. The lowest BCUT2D eigenvalue weighted by Gasteiger charge is -2.25. The van der Waals surface area contributed by atoms with Crippen LogP contribution in [0.15, 0.2) is 59.8 Å². The number of allylic oxidation sites excluding steroid dienone is 1. The number of carbonyl (C=O) groups excluding carboxylic acids is 2. The molecule has 0 spiro atoms. The van der Waals surface area contributed by atoms with E-state index >= 15 is 0 Å². The van der Waals surface area contributed by atoms with Crippen molar-refractivity contribution in [1.82, 2.24) is 10.6 Å². The van der Waals surface area contributed by atoms with Crippen molar-refractivity contribution in [3.8, 4) is 0 Å². The predicted octanol–water partition coefficient (Wildman–Crippen LogP) is 5.46. The average Bonchev–Trinajstić information content (AvgIpc) is 2.80. The maximum absolute atomic E-state index is 13.6. The van der Waals surface area contributed by atoms with Gasteiger partial charge < -0.3 is 16.0 Å². The van der Waals surface area contributed by atoms with Gasteiger partial charge in [-0.05, 0) is 23.8 Å². The molecule has 2 rings (SSSR count). The molecule has 0 aliphatic carbocycles. The smallest absolute Gasteiger partial charge is 0.383 e. The van der Waals surface area contributed by atoms with Gasteiger partial charge in [0.1, 0.15) is 17.0 Å². The molecule has 200 valence electrons. The maximum Gasteiger partial charge on any atom is 0.459 e. The third-order valence-corrected chi connectivity index (χ3v) is 5.02. The number of benzene rings is 2. The monoisotopic (exact) mass is 556 g/mol. The minimum atomic E-state index is -6.53. The Bertz CT molecular complexity index is 1210. The zero-order valence-electron chi connectivity index (χ0n) is 18.5. The van der Waals surface area contributed by atoms with Crippen molar-refractivity contribution >= 4 is 34.8 Å². The minimum Gasteiger partial charge on any atom is -0.383 e. The molecule has 0 aliphatic rings. The molecule has 4 N–H and O–H groups in total. The topological polar surface area (TPSA) is 94.1 Å². The Morgan fingerprint density at radius 3 is 2.05 bits per heavy atom. The Morgan fingerprint density at radius 1 is 0.946 bits per heavy atom. The SMILES string of the molecule is CN/C(C(=O)Nc1ccc(Cl)c(C(=O)NCc2ccccc2)c1)=C(\C(=N)C(F)(F)C(F)(F)F)C(F)(F)F. The van der Waals surface area contributed by atoms with Crippen LogP contribution in [-0.2, 0) is 11.3 Å². The van der Waals surface area contributed by atoms with Gasteiger partial charge in [-0.15, -0.1) is 0 Å². The highest BCUT2D eigenvalue weighted by Gasteiger charge is 2.64. The number of carbonyl (C=O) groups is 2. The molecule has 0 fully saturated rings. The summed E-state index contributed by atoms with van der Waals surface area (Å²) in [5.41, 5.74) is -7.64. The van der Waals surface area contributed by atoms with E-state index in [9.17, 15) is 44.7 Å². The number of nitrogens with one attached hydrogen (secondary N) is 4. The van der Waals surface area contributed by atoms with Gasteiger partial charge in [-0.2, -0.15) is 35.1 Å². The van der Waals surface area contributed by atoms with Crippen LogP contribution >= 0.6 is 11.6 Å². The summed E-state index contributed by atoms with van der Waals surface area (Å²) in [6, 6.07) is 11.7. The number of likely N-dealkylation sites (N-methyl/N-ethyl adjacent to an activating group) is 1. The second-order valence-electron chi connectivity index (χ2n) is 7.26. The normalized spacial score (nSPS) is 12.9. The molecule has 0 unspecified atom stereocenters. The highest BCUT2D eigenvalue weighted by Crippen LogP contribution is 2.42. The first-order valence-electron chi connectivity index (χ1n) is 9.96. The van der Waals surface area contributed by atoms with Gasteiger partial charge in [-0.3, -0.25) is 15.0 Å². The molecule has 2 aromatic carbocycles. The second-order valence-corrected chi connectivity index (χ2v) is 7.67. The maximum atomic E-state index is 13.6. The molecule has 0 radical (unpaired) electrons. The summed E-state index contributed by atoms with van der Waals surface area (Å²) < 4.78 is 105. The first-order chi connectivity index (χ1) is 17.0. The molecular formula is C22H17ClF8N4O2. The van der Waals surface area contributed by atoms with Crippen LogP contribution in [-0.4, -0.2) is 42.8 Å². The van der Waals surface area contributed by atoms with E-state index in [2.05, 4.69) is 5.32 Å². The number of hydrogen-bond acceptors (Lipinski definition) is 4. The van der Waals surface area contributed by atoms with Crippen molar-refractivity contribution in [2.24, 2.45) is 0 Å². The molecule has 2 amide bonds. The number of amides is 2. The van der Waals surface area contributed by atoms with Crippen LogP contribution in [0.25, 0.3) is 0 Å². The summed E-state index contributed by atoms with van der Waals surface area (Å²) in [7, 11) is 0.657. The standard InChI is InChI=1S/C22H17ClF8N4O2/c1-33-16(15(21(26,27)28)17(32)20(24,25)22(29,30)31)19(37)35-12-7-8-14(23)13(9-12)18(36)34-10-11-5-3-2-4-6-11/h2-9,32-33H,10H2,1H3,(H,34,36)(H,35,37)/b16-15+,32-17?. The van der Waals surface area contributed by atoms with Gasteiger partial charge >= 0.3 is 18.3 Å². The van der Waals surface area contributed by atoms with E-state index in [1.165, 1.54) is 0 Å². The fourth-order valence-corrected chi connectivity index (χ4v) is 3.11. The lowest BCUT2D eigenvalue weighted by molar-refractivity contribution is -0.250. The van der Waals surface area contributed by atoms with Crippen molar-refractivity contribution < 1.29 is 44.7 Å². The first kappa shape index (κ1) is 29.5. The molecular weight excluding hydrogens is 540 g/mol. The van der Waals surface area contributed by atoms with Crippen molar-refractivity contribution in [2.45, 2.75) is 24.8 Å². The second kappa shape index (κ2) is 11.2. The van der Waals surface area contributed by atoms with Crippen molar-refractivity contribution in [1.29, 1.82) is 5.41 Å². The molecule has 15 heteroatoms. The van der Waals surface area contributed by atoms with E-state index in [0.717, 1.165) is 23.8 Å². The Kier molecular flexibility index (Phi) is 8.91. The van der Waals surface area contributed by atoms with Gasteiger partial charge in [0.05, 0.1) is 10.6 Å². The predicted molar refractivity (Wildman–Crippen MR) is 119 cm³/mol. The third-order valence-electron chi connectivity index (χ3n) is 4.70. The third kappa shape index (κ3) is 6.96. The van der Waals surface area contributed by atoms with Crippen molar-refractivity contribution in [2.75, 3.05) is 12.4 Å². The Hall–Kier alpha value is -3.68. The molecule has 0 heterocycles. The summed E-state index contributed by atoms with van der Waals surface area (Å²) in [4.78, 5) is 25.0. The molecule has 0 aliphatic heterocycles. The van der Waals surface area contributed by atoms with E-state index < -0.39 is 47.1 Å². The van der Waals surface area contributed by atoms with E-state index in [1.807, 2.05) is 5.32 Å². The molecule has 0 aromatic heterocycles. The van der Waals surface area contributed by atoms with Gasteiger partial charge in [0.2, 0.25) is 0 Å². The zero-order chi connectivity index (χ0) is 28.2. The molecule has 0 saturated carbocycles. The molecule has 6 nitrogen and oxygen atoms in total. The number of anilines is 1. The van der Waals surface area contributed by atoms with Gasteiger partial charge in [0, 0.05) is 19.3 Å². The lowest BCUT2D eigenvalue weighted by Crippen LogP contribution is -2.48. The fraction of sp³-hybridized carbons (Fsp3) is 0.227. The largest absolute Gasteiger partial charge is 0.459 e. The van der Waals surface area contributed by atoms with Crippen LogP contribution in [0, 0.1) is 5.41 Å². The van der Waals surface area contributed by atoms with Crippen molar-refractivity contribution in [3.05, 3.63) is 76.0 Å². The van der Waals surface area contributed by atoms with Crippen LogP contribution < -0.4 is 16.0 Å². The van der Waals surface area contributed by atoms with Crippen molar-refractivity contribution in [3.63, 3.8) is 0 Å². The van der Waals surface area contributed by atoms with E-state index in [0.29, 0.717) is 7.05 Å². The van der Waals surface area contributed by atoms with Gasteiger partial charge in [-0.1, -0.05) is 41.9 Å². The average molecular weight is 557 g/mol. The van der Waals surface area contributed by atoms with E-state index in [-0.39, 0.29) is 22.8 Å².